The van der Waals surface area contributed by atoms with Gasteiger partial charge in [-0.25, -0.2) is 0 Å². The number of hydrogen-bond donors (Lipinski definition) is 1. The number of ether oxygens (including phenoxy) is 1. The molecule has 3 rings (SSSR count). The third kappa shape index (κ3) is 2.68. The molecule has 0 heterocycles. The minimum absolute atomic E-state index is 0.187. The Morgan fingerprint density at radius 3 is 2.14 bits per heavy atom. The standard InChI is InChI=1S/C19H23NO/c1-19(2)17(20-3)13-18(19)21-16-11-9-15(10-12-16)14-7-5-4-6-8-14/h4-12,17-18,20H,13H2,1-3H3. The summed E-state index contributed by atoms with van der Waals surface area (Å²) >= 11 is 0. The number of hydrogen-bond acceptors (Lipinski definition) is 2. The third-order valence-electron chi connectivity index (χ3n) is 4.77. The first-order valence-electron chi connectivity index (χ1n) is 7.60. The molecule has 1 saturated carbocycles. The molecular formula is C19H23NO. The van der Waals surface area contributed by atoms with Gasteiger partial charge in [0.05, 0.1) is 0 Å². The van der Waals surface area contributed by atoms with Crippen molar-refractivity contribution in [2.24, 2.45) is 5.41 Å². The minimum atomic E-state index is 0.187. The Morgan fingerprint density at radius 2 is 1.57 bits per heavy atom. The lowest BCUT2D eigenvalue weighted by atomic mass is 9.64. The van der Waals surface area contributed by atoms with E-state index in [1.54, 1.807) is 0 Å². The van der Waals surface area contributed by atoms with Crippen LogP contribution in [0.2, 0.25) is 0 Å². The third-order valence-corrected chi connectivity index (χ3v) is 4.77. The lowest BCUT2D eigenvalue weighted by molar-refractivity contribution is -0.0520. The van der Waals surface area contributed by atoms with E-state index in [1.807, 2.05) is 13.1 Å². The van der Waals surface area contributed by atoms with Gasteiger partial charge in [-0.1, -0.05) is 56.3 Å². The number of nitrogens with one attached hydrogen (secondary N) is 1. The van der Waals surface area contributed by atoms with Crippen LogP contribution >= 0.6 is 0 Å². The predicted molar refractivity (Wildman–Crippen MR) is 87.5 cm³/mol. The molecule has 110 valence electrons. The van der Waals surface area contributed by atoms with Crippen molar-refractivity contribution < 1.29 is 4.74 Å². The average molecular weight is 281 g/mol. The van der Waals surface area contributed by atoms with E-state index < -0.39 is 0 Å². The molecule has 0 aliphatic heterocycles. The molecule has 2 aromatic carbocycles. The molecule has 0 amide bonds. The van der Waals surface area contributed by atoms with Gasteiger partial charge < -0.3 is 10.1 Å². The van der Waals surface area contributed by atoms with Crippen LogP contribution in [0.15, 0.2) is 54.6 Å². The van der Waals surface area contributed by atoms with Crippen molar-refractivity contribution >= 4 is 0 Å². The molecule has 0 radical (unpaired) electrons. The smallest absolute Gasteiger partial charge is 0.119 e. The van der Waals surface area contributed by atoms with Crippen molar-refractivity contribution in [2.75, 3.05) is 7.05 Å². The van der Waals surface area contributed by atoms with E-state index in [-0.39, 0.29) is 11.5 Å². The predicted octanol–water partition coefficient (Wildman–Crippen LogP) is 4.12. The molecule has 1 aliphatic carbocycles. The molecule has 0 bridgehead atoms. The first kappa shape index (κ1) is 14.2. The van der Waals surface area contributed by atoms with Crippen LogP contribution in [0.3, 0.4) is 0 Å². The molecule has 2 heteroatoms. The van der Waals surface area contributed by atoms with Crippen molar-refractivity contribution in [1.82, 2.24) is 5.32 Å². The fraction of sp³-hybridized carbons (Fsp3) is 0.368. The van der Waals surface area contributed by atoms with Crippen LogP contribution in [0.1, 0.15) is 20.3 Å². The van der Waals surface area contributed by atoms with E-state index in [2.05, 4.69) is 67.7 Å². The van der Waals surface area contributed by atoms with Crippen LogP contribution in [0.25, 0.3) is 11.1 Å². The first-order chi connectivity index (χ1) is 10.1. The zero-order valence-corrected chi connectivity index (χ0v) is 13.0. The van der Waals surface area contributed by atoms with Crippen molar-refractivity contribution in [3.05, 3.63) is 54.6 Å². The summed E-state index contributed by atoms with van der Waals surface area (Å²) in [5.41, 5.74) is 2.65. The van der Waals surface area contributed by atoms with E-state index in [1.165, 1.54) is 11.1 Å². The summed E-state index contributed by atoms with van der Waals surface area (Å²) in [5.74, 6) is 0.960. The maximum atomic E-state index is 6.15. The summed E-state index contributed by atoms with van der Waals surface area (Å²) in [5, 5.41) is 3.36. The van der Waals surface area contributed by atoms with Gasteiger partial charge in [-0.15, -0.1) is 0 Å². The molecule has 1 N–H and O–H groups in total. The van der Waals surface area contributed by atoms with Gasteiger partial charge in [0.15, 0.2) is 0 Å². The Labute approximate surface area is 127 Å². The maximum Gasteiger partial charge on any atom is 0.119 e. The molecule has 2 atom stereocenters. The molecule has 0 saturated heterocycles. The second-order valence-corrected chi connectivity index (χ2v) is 6.40. The van der Waals surface area contributed by atoms with Crippen LogP contribution in [-0.4, -0.2) is 19.2 Å². The van der Waals surface area contributed by atoms with Crippen LogP contribution < -0.4 is 10.1 Å². The zero-order chi connectivity index (χ0) is 14.9. The van der Waals surface area contributed by atoms with Crippen molar-refractivity contribution in [3.63, 3.8) is 0 Å². The Morgan fingerprint density at radius 1 is 0.952 bits per heavy atom. The summed E-state index contributed by atoms with van der Waals surface area (Å²) in [6, 6.07) is 19.4. The topological polar surface area (TPSA) is 21.3 Å². The Bertz CT molecular complexity index is 589. The van der Waals surface area contributed by atoms with Crippen LogP contribution in [0.4, 0.5) is 0 Å². The van der Waals surface area contributed by atoms with Crippen LogP contribution in [-0.2, 0) is 0 Å². The van der Waals surface area contributed by atoms with Crippen molar-refractivity contribution in [1.29, 1.82) is 0 Å². The fourth-order valence-electron chi connectivity index (χ4n) is 3.10. The average Bonchev–Trinajstić information content (AvgIpc) is 2.52. The quantitative estimate of drug-likeness (QED) is 0.910. The summed E-state index contributed by atoms with van der Waals surface area (Å²) in [4.78, 5) is 0. The van der Waals surface area contributed by atoms with Gasteiger partial charge in [0, 0.05) is 17.9 Å². The molecule has 21 heavy (non-hydrogen) atoms. The van der Waals surface area contributed by atoms with Gasteiger partial charge >= 0.3 is 0 Å². The largest absolute Gasteiger partial charge is 0.490 e. The molecule has 2 aromatic rings. The van der Waals surface area contributed by atoms with Gasteiger partial charge in [-0.2, -0.15) is 0 Å². The molecule has 2 nitrogen and oxygen atoms in total. The second kappa shape index (κ2) is 5.53. The Kier molecular flexibility index (Phi) is 3.73. The summed E-state index contributed by atoms with van der Waals surface area (Å²) in [6.07, 6.45) is 1.36. The van der Waals surface area contributed by atoms with E-state index in [0.29, 0.717) is 6.04 Å². The van der Waals surface area contributed by atoms with E-state index in [9.17, 15) is 0 Å². The van der Waals surface area contributed by atoms with Crippen LogP contribution in [0.5, 0.6) is 5.75 Å². The molecule has 2 unspecified atom stereocenters. The molecule has 1 aliphatic rings. The van der Waals surface area contributed by atoms with E-state index in [4.69, 9.17) is 4.74 Å². The van der Waals surface area contributed by atoms with Crippen molar-refractivity contribution in [2.45, 2.75) is 32.4 Å². The lowest BCUT2D eigenvalue weighted by Gasteiger charge is -2.51. The fourth-order valence-corrected chi connectivity index (χ4v) is 3.10. The van der Waals surface area contributed by atoms with Gasteiger partial charge in [0.2, 0.25) is 0 Å². The molecule has 0 spiro atoms. The Balaban J connectivity index is 1.69. The van der Waals surface area contributed by atoms with E-state index >= 15 is 0 Å². The highest BCUT2D eigenvalue weighted by Crippen LogP contribution is 2.42. The van der Waals surface area contributed by atoms with Gasteiger partial charge in [-0.3, -0.25) is 0 Å². The van der Waals surface area contributed by atoms with E-state index in [0.717, 1.165) is 12.2 Å². The molecule has 1 fully saturated rings. The summed E-state index contributed by atoms with van der Waals surface area (Å²) in [6.45, 7) is 4.53. The molecular weight excluding hydrogens is 258 g/mol. The first-order valence-corrected chi connectivity index (χ1v) is 7.60. The normalized spacial score (nSPS) is 23.4. The lowest BCUT2D eigenvalue weighted by Crippen LogP contribution is -2.61. The monoisotopic (exact) mass is 281 g/mol. The van der Waals surface area contributed by atoms with Gasteiger partial charge in [0.1, 0.15) is 11.9 Å². The zero-order valence-electron chi connectivity index (χ0n) is 13.0. The van der Waals surface area contributed by atoms with Crippen molar-refractivity contribution in [3.8, 4) is 16.9 Å². The number of benzene rings is 2. The maximum absolute atomic E-state index is 6.15. The van der Waals surface area contributed by atoms with Gasteiger partial charge in [0.25, 0.3) is 0 Å². The number of rotatable bonds is 4. The second-order valence-electron chi connectivity index (χ2n) is 6.40. The SMILES string of the molecule is CNC1CC(Oc2ccc(-c3ccccc3)cc2)C1(C)C. The highest BCUT2D eigenvalue weighted by molar-refractivity contribution is 5.63. The van der Waals surface area contributed by atoms with Gasteiger partial charge in [-0.05, 0) is 30.3 Å². The minimum Gasteiger partial charge on any atom is -0.490 e. The summed E-state index contributed by atoms with van der Waals surface area (Å²) < 4.78 is 6.15. The van der Waals surface area contributed by atoms with Crippen LogP contribution in [0, 0.1) is 5.41 Å². The summed E-state index contributed by atoms with van der Waals surface area (Å²) in [7, 11) is 2.03. The Hall–Kier alpha value is -1.80. The molecule has 0 aromatic heterocycles. The highest BCUT2D eigenvalue weighted by Gasteiger charge is 2.49. The highest BCUT2D eigenvalue weighted by atomic mass is 16.5.